The third kappa shape index (κ3) is 3.22. The molecule has 0 saturated heterocycles. The van der Waals surface area contributed by atoms with Gasteiger partial charge >= 0.3 is 0 Å². The van der Waals surface area contributed by atoms with E-state index in [4.69, 9.17) is 16.3 Å². The maximum Gasteiger partial charge on any atom is 0.141 e. The summed E-state index contributed by atoms with van der Waals surface area (Å²) in [7, 11) is 0. The van der Waals surface area contributed by atoms with Gasteiger partial charge in [0.1, 0.15) is 12.0 Å². The average Bonchev–Trinajstić information content (AvgIpc) is 3.11. The van der Waals surface area contributed by atoms with Crippen LogP contribution in [0.4, 0.5) is 0 Å². The molecule has 1 aromatic carbocycles. The van der Waals surface area contributed by atoms with Gasteiger partial charge in [-0.2, -0.15) is 0 Å². The van der Waals surface area contributed by atoms with Gasteiger partial charge in [-0.25, -0.2) is 0 Å². The van der Waals surface area contributed by atoms with Crippen molar-refractivity contribution >= 4 is 17.9 Å². The minimum Gasteiger partial charge on any atom is -0.491 e. The molecular formula is C14H17ClO2. The van der Waals surface area contributed by atoms with Crippen molar-refractivity contribution in [2.45, 2.75) is 32.1 Å². The maximum atomic E-state index is 10.6. The second kappa shape index (κ2) is 5.54. The van der Waals surface area contributed by atoms with Crippen LogP contribution in [0.2, 0.25) is 5.02 Å². The fourth-order valence-corrected chi connectivity index (χ4v) is 2.06. The molecule has 1 aliphatic carbocycles. The lowest BCUT2D eigenvalue weighted by Gasteiger charge is -2.16. The molecule has 1 unspecified atom stereocenters. The first-order valence-corrected chi connectivity index (χ1v) is 6.45. The third-order valence-electron chi connectivity index (χ3n) is 3.14. The Kier molecular flexibility index (Phi) is 4.06. The number of aldehydes is 1. The lowest BCUT2D eigenvalue weighted by atomic mass is 9.97. The summed E-state index contributed by atoms with van der Waals surface area (Å²) in [4.78, 5) is 10.6. The molecule has 0 spiro atoms. The molecule has 3 heteroatoms. The van der Waals surface area contributed by atoms with E-state index in [1.54, 1.807) is 0 Å². The van der Waals surface area contributed by atoms with Gasteiger partial charge < -0.3 is 9.53 Å². The lowest BCUT2D eigenvalue weighted by molar-refractivity contribution is -0.108. The molecule has 92 valence electrons. The number of para-hydroxylation sites is 1. The smallest absolute Gasteiger partial charge is 0.141 e. The minimum atomic E-state index is 0.153. The standard InChI is InChI=1S/C14H17ClO2/c1-10(7-8-16)12-3-2-4-13(15)14(12)17-9-11-5-6-11/h2-4,8,10-11H,5-7,9H2,1H3. The molecule has 0 radical (unpaired) electrons. The fourth-order valence-electron chi connectivity index (χ4n) is 1.82. The Morgan fingerprint density at radius 2 is 2.29 bits per heavy atom. The monoisotopic (exact) mass is 252 g/mol. The lowest BCUT2D eigenvalue weighted by Crippen LogP contribution is -2.04. The summed E-state index contributed by atoms with van der Waals surface area (Å²) in [5.74, 6) is 1.61. The van der Waals surface area contributed by atoms with E-state index < -0.39 is 0 Å². The molecule has 1 aromatic rings. The summed E-state index contributed by atoms with van der Waals surface area (Å²) in [6, 6.07) is 5.73. The van der Waals surface area contributed by atoms with E-state index in [1.807, 2.05) is 25.1 Å². The molecule has 0 aromatic heterocycles. The van der Waals surface area contributed by atoms with Crippen molar-refractivity contribution in [1.82, 2.24) is 0 Å². The summed E-state index contributed by atoms with van der Waals surface area (Å²) >= 11 is 6.16. The molecule has 2 rings (SSSR count). The van der Waals surface area contributed by atoms with Crippen molar-refractivity contribution < 1.29 is 9.53 Å². The van der Waals surface area contributed by atoms with Crippen molar-refractivity contribution in [3.05, 3.63) is 28.8 Å². The topological polar surface area (TPSA) is 26.3 Å². The van der Waals surface area contributed by atoms with Crippen LogP contribution >= 0.6 is 11.6 Å². The highest BCUT2D eigenvalue weighted by molar-refractivity contribution is 6.32. The minimum absolute atomic E-state index is 0.153. The van der Waals surface area contributed by atoms with Gasteiger partial charge in [-0.3, -0.25) is 0 Å². The number of ether oxygens (including phenoxy) is 1. The Bertz CT molecular complexity index is 399. The van der Waals surface area contributed by atoms with Crippen LogP contribution in [0.3, 0.4) is 0 Å². The van der Waals surface area contributed by atoms with Crippen molar-refractivity contribution in [2.75, 3.05) is 6.61 Å². The van der Waals surface area contributed by atoms with Gasteiger partial charge in [0.15, 0.2) is 0 Å². The molecule has 2 nitrogen and oxygen atoms in total. The van der Waals surface area contributed by atoms with E-state index in [9.17, 15) is 4.79 Å². The van der Waals surface area contributed by atoms with Crippen LogP contribution in [-0.4, -0.2) is 12.9 Å². The van der Waals surface area contributed by atoms with Gasteiger partial charge in [-0.05, 0) is 36.3 Å². The van der Waals surface area contributed by atoms with Crippen LogP contribution in [0.25, 0.3) is 0 Å². The van der Waals surface area contributed by atoms with E-state index >= 15 is 0 Å². The van der Waals surface area contributed by atoms with Gasteiger partial charge in [0.2, 0.25) is 0 Å². The molecule has 1 fully saturated rings. The van der Waals surface area contributed by atoms with Crippen LogP contribution < -0.4 is 4.74 Å². The van der Waals surface area contributed by atoms with E-state index in [1.165, 1.54) is 12.8 Å². The van der Waals surface area contributed by atoms with E-state index in [0.717, 1.165) is 24.2 Å². The third-order valence-corrected chi connectivity index (χ3v) is 3.44. The first-order chi connectivity index (χ1) is 8.22. The second-order valence-corrected chi connectivity index (χ2v) is 5.12. The van der Waals surface area contributed by atoms with Gasteiger partial charge in [0.05, 0.1) is 11.6 Å². The van der Waals surface area contributed by atoms with Crippen molar-refractivity contribution in [3.8, 4) is 5.75 Å². The van der Waals surface area contributed by atoms with Gasteiger partial charge in [-0.15, -0.1) is 0 Å². The molecule has 0 aliphatic heterocycles. The molecule has 0 amide bonds. The molecule has 1 saturated carbocycles. The zero-order valence-electron chi connectivity index (χ0n) is 9.99. The zero-order valence-corrected chi connectivity index (χ0v) is 10.7. The number of carbonyl (C=O) groups excluding carboxylic acids is 1. The van der Waals surface area contributed by atoms with Crippen LogP contribution in [0, 0.1) is 5.92 Å². The van der Waals surface area contributed by atoms with Gasteiger partial charge in [0, 0.05) is 6.42 Å². The van der Waals surface area contributed by atoms with Crippen molar-refractivity contribution in [3.63, 3.8) is 0 Å². The summed E-state index contributed by atoms with van der Waals surface area (Å²) in [6.07, 6.45) is 3.95. The summed E-state index contributed by atoms with van der Waals surface area (Å²) in [6.45, 7) is 2.76. The summed E-state index contributed by atoms with van der Waals surface area (Å²) in [5, 5.41) is 0.640. The Morgan fingerprint density at radius 1 is 1.53 bits per heavy atom. The van der Waals surface area contributed by atoms with Crippen molar-refractivity contribution in [1.29, 1.82) is 0 Å². The fraction of sp³-hybridized carbons (Fsp3) is 0.500. The second-order valence-electron chi connectivity index (χ2n) is 4.72. The zero-order chi connectivity index (χ0) is 12.3. The maximum absolute atomic E-state index is 10.6. The first kappa shape index (κ1) is 12.4. The van der Waals surface area contributed by atoms with Crippen LogP contribution in [0.15, 0.2) is 18.2 Å². The number of halogens is 1. The van der Waals surface area contributed by atoms with Crippen LogP contribution in [0.5, 0.6) is 5.75 Å². The predicted octanol–water partition coefficient (Wildman–Crippen LogP) is 3.82. The number of benzene rings is 1. The van der Waals surface area contributed by atoms with Gasteiger partial charge in [-0.1, -0.05) is 30.7 Å². The van der Waals surface area contributed by atoms with E-state index in [2.05, 4.69) is 0 Å². The molecule has 0 heterocycles. The predicted molar refractivity (Wildman–Crippen MR) is 68.8 cm³/mol. The number of hydrogen-bond acceptors (Lipinski definition) is 2. The van der Waals surface area contributed by atoms with E-state index in [-0.39, 0.29) is 5.92 Å². The molecular weight excluding hydrogens is 236 g/mol. The van der Waals surface area contributed by atoms with Gasteiger partial charge in [0.25, 0.3) is 0 Å². The SMILES string of the molecule is CC(CC=O)c1cccc(Cl)c1OCC1CC1. The molecule has 17 heavy (non-hydrogen) atoms. The highest BCUT2D eigenvalue weighted by Gasteiger charge is 2.23. The highest BCUT2D eigenvalue weighted by atomic mass is 35.5. The highest BCUT2D eigenvalue weighted by Crippen LogP contribution is 2.37. The number of hydrogen-bond donors (Lipinski definition) is 0. The summed E-state index contributed by atoms with van der Waals surface area (Å²) < 4.78 is 5.81. The average molecular weight is 253 g/mol. The Balaban J connectivity index is 2.16. The van der Waals surface area contributed by atoms with E-state index in [0.29, 0.717) is 17.4 Å². The molecule has 1 atom stereocenters. The molecule has 0 bridgehead atoms. The van der Waals surface area contributed by atoms with Crippen LogP contribution in [-0.2, 0) is 4.79 Å². The Labute approximate surface area is 107 Å². The number of rotatable bonds is 6. The largest absolute Gasteiger partial charge is 0.491 e. The summed E-state index contributed by atoms with van der Waals surface area (Å²) in [5.41, 5.74) is 1.03. The molecule has 0 N–H and O–H groups in total. The quantitative estimate of drug-likeness (QED) is 0.720. The number of carbonyl (C=O) groups is 1. The first-order valence-electron chi connectivity index (χ1n) is 6.07. The Hall–Kier alpha value is -1.02. The normalized spacial score (nSPS) is 16.6. The van der Waals surface area contributed by atoms with Crippen molar-refractivity contribution in [2.24, 2.45) is 5.92 Å². The molecule has 1 aliphatic rings. The van der Waals surface area contributed by atoms with Crippen LogP contribution in [0.1, 0.15) is 37.7 Å². The Morgan fingerprint density at radius 3 is 2.94 bits per heavy atom.